The van der Waals surface area contributed by atoms with Crippen LogP contribution in [0.15, 0.2) is 36.4 Å². The van der Waals surface area contributed by atoms with Crippen molar-refractivity contribution in [3.63, 3.8) is 0 Å². The molecule has 1 atom stereocenters. The van der Waals surface area contributed by atoms with E-state index in [1.54, 1.807) is 12.1 Å². The minimum atomic E-state index is -0.682. The largest absolute Gasteiger partial charge is 0.443 e. The average Bonchev–Trinajstić information content (AvgIpc) is 2.46. The highest BCUT2D eigenvalue weighted by Crippen LogP contribution is 2.27. The fraction of sp³-hybridized carbons (Fsp3) is 0.471. The number of hydrogen-bond acceptors (Lipinski definition) is 4. The van der Waals surface area contributed by atoms with E-state index in [0.717, 1.165) is 18.4 Å². The number of nitrogens with one attached hydrogen (secondary N) is 1. The molecule has 0 aliphatic heterocycles. The normalized spacial score (nSPS) is 13.0. The molecule has 0 aliphatic carbocycles. The monoisotopic (exact) mass is 320 g/mol. The minimum absolute atomic E-state index is 0.128. The molecule has 6 nitrogen and oxygen atoms in total. The number of nitro groups is 1. The Labute approximate surface area is 136 Å². The van der Waals surface area contributed by atoms with Crippen LogP contribution >= 0.6 is 0 Å². The summed E-state index contributed by atoms with van der Waals surface area (Å²) in [6.07, 6.45) is 2.44. The van der Waals surface area contributed by atoms with Gasteiger partial charge in [0, 0.05) is 6.07 Å². The summed E-state index contributed by atoms with van der Waals surface area (Å²) < 4.78 is 5.51. The molecule has 126 valence electrons. The molecule has 0 aromatic heterocycles. The van der Waals surface area contributed by atoms with Crippen molar-refractivity contribution in [1.82, 2.24) is 0 Å². The van der Waals surface area contributed by atoms with Crippen LogP contribution in [0.2, 0.25) is 0 Å². The summed E-state index contributed by atoms with van der Waals surface area (Å²) in [6, 6.07) is 5.97. The van der Waals surface area contributed by atoms with Gasteiger partial charge >= 0.3 is 6.09 Å². The van der Waals surface area contributed by atoms with Gasteiger partial charge in [-0.05, 0) is 45.6 Å². The molecule has 1 N–H and O–H groups in total. The van der Waals surface area contributed by atoms with Crippen LogP contribution in [0.5, 0.6) is 0 Å². The van der Waals surface area contributed by atoms with E-state index >= 15 is 0 Å². The number of carbonyl (C=O) groups excluding carboxylic acids is 1. The second-order valence-corrected chi connectivity index (χ2v) is 5.90. The fourth-order valence-corrected chi connectivity index (χ4v) is 2.16. The maximum absolute atomic E-state index is 12.1. The van der Waals surface area contributed by atoms with Crippen LogP contribution in [-0.2, 0) is 4.74 Å². The van der Waals surface area contributed by atoms with Crippen LogP contribution in [0.1, 0.15) is 46.5 Å². The Kier molecular flexibility index (Phi) is 6.75. The highest BCUT2D eigenvalue weighted by atomic mass is 16.6. The zero-order valence-corrected chi connectivity index (χ0v) is 13.9. The fourth-order valence-electron chi connectivity index (χ4n) is 2.16. The van der Waals surface area contributed by atoms with Gasteiger partial charge in [-0.15, -0.1) is 6.58 Å². The Balaban J connectivity index is 2.70. The summed E-state index contributed by atoms with van der Waals surface area (Å²) in [5, 5.41) is 13.4. The van der Waals surface area contributed by atoms with Crippen molar-refractivity contribution in [3.8, 4) is 0 Å². The zero-order chi connectivity index (χ0) is 17.5. The van der Waals surface area contributed by atoms with E-state index in [1.165, 1.54) is 12.1 Å². The summed E-state index contributed by atoms with van der Waals surface area (Å²) in [5.74, 6) is 0. The Bertz CT molecular complexity index is 586. The van der Waals surface area contributed by atoms with Gasteiger partial charge in [0.15, 0.2) is 0 Å². The van der Waals surface area contributed by atoms with E-state index in [1.807, 2.05) is 20.8 Å². The Morgan fingerprint density at radius 2 is 2.09 bits per heavy atom. The first kappa shape index (κ1) is 18.7. The van der Waals surface area contributed by atoms with E-state index < -0.39 is 16.6 Å². The van der Waals surface area contributed by atoms with E-state index in [9.17, 15) is 14.9 Å². The van der Waals surface area contributed by atoms with Gasteiger partial charge in [0.25, 0.3) is 5.69 Å². The SMILES string of the molecule is C=C(C)CCCC(C)(CC)OC(=O)Nc1ccccc1[N+](=O)[O-]. The quantitative estimate of drug-likeness (QED) is 0.412. The number of anilines is 1. The molecule has 1 rings (SSSR count). The van der Waals surface area contributed by atoms with Gasteiger partial charge < -0.3 is 4.74 Å². The lowest BCUT2D eigenvalue weighted by atomic mass is 9.95. The maximum atomic E-state index is 12.1. The molecule has 23 heavy (non-hydrogen) atoms. The number of ether oxygens (including phenoxy) is 1. The van der Waals surface area contributed by atoms with Gasteiger partial charge in [0.1, 0.15) is 11.3 Å². The molecule has 1 amide bonds. The van der Waals surface area contributed by atoms with Crippen molar-refractivity contribution >= 4 is 17.5 Å². The lowest BCUT2D eigenvalue weighted by Gasteiger charge is -2.28. The van der Waals surface area contributed by atoms with Crippen LogP contribution in [0.4, 0.5) is 16.2 Å². The standard InChI is InChI=1S/C17H24N2O4/c1-5-17(4,12-8-9-13(2)3)23-16(20)18-14-10-6-7-11-15(14)19(21)22/h6-7,10-11H,2,5,8-9,12H2,1,3-4H3,(H,18,20). The van der Waals surface area contributed by atoms with Gasteiger partial charge in [0.05, 0.1) is 4.92 Å². The number of amides is 1. The van der Waals surface area contributed by atoms with Crippen molar-refractivity contribution in [2.75, 3.05) is 5.32 Å². The Hall–Kier alpha value is -2.37. The van der Waals surface area contributed by atoms with Crippen molar-refractivity contribution in [2.45, 2.75) is 52.1 Å². The molecule has 6 heteroatoms. The topological polar surface area (TPSA) is 81.5 Å². The molecule has 1 aromatic rings. The number of para-hydroxylation sites is 2. The summed E-state index contributed by atoms with van der Waals surface area (Å²) in [4.78, 5) is 22.5. The molecular formula is C17H24N2O4. The average molecular weight is 320 g/mol. The highest BCUT2D eigenvalue weighted by Gasteiger charge is 2.27. The number of allylic oxidation sites excluding steroid dienone is 1. The first-order valence-corrected chi connectivity index (χ1v) is 7.65. The minimum Gasteiger partial charge on any atom is -0.443 e. The number of hydrogen-bond donors (Lipinski definition) is 1. The Morgan fingerprint density at radius 1 is 1.43 bits per heavy atom. The molecule has 0 radical (unpaired) electrons. The third kappa shape index (κ3) is 6.10. The molecule has 0 fully saturated rings. The lowest BCUT2D eigenvalue weighted by molar-refractivity contribution is -0.383. The number of carbonyl (C=O) groups is 1. The molecule has 1 aromatic carbocycles. The van der Waals surface area contributed by atoms with Gasteiger partial charge in [-0.1, -0.05) is 24.6 Å². The van der Waals surface area contributed by atoms with Crippen LogP contribution in [0, 0.1) is 10.1 Å². The van der Waals surface area contributed by atoms with Crippen molar-refractivity contribution in [1.29, 1.82) is 0 Å². The predicted molar refractivity (Wildman–Crippen MR) is 90.6 cm³/mol. The van der Waals surface area contributed by atoms with Crippen molar-refractivity contribution in [3.05, 3.63) is 46.5 Å². The molecule has 0 aliphatic rings. The number of nitro benzene ring substituents is 1. The second-order valence-electron chi connectivity index (χ2n) is 5.90. The first-order chi connectivity index (χ1) is 10.8. The van der Waals surface area contributed by atoms with E-state index in [4.69, 9.17) is 4.74 Å². The summed E-state index contributed by atoms with van der Waals surface area (Å²) >= 11 is 0. The molecule has 1 unspecified atom stereocenters. The van der Waals surface area contributed by atoms with Crippen molar-refractivity contribution < 1.29 is 14.5 Å². The van der Waals surface area contributed by atoms with Gasteiger partial charge in [0.2, 0.25) is 0 Å². The molecule has 0 saturated carbocycles. The smallest absolute Gasteiger partial charge is 0.412 e. The van der Waals surface area contributed by atoms with Gasteiger partial charge in [-0.25, -0.2) is 4.79 Å². The van der Waals surface area contributed by atoms with Crippen molar-refractivity contribution in [2.24, 2.45) is 0 Å². The third-order valence-corrected chi connectivity index (χ3v) is 3.73. The van der Waals surface area contributed by atoms with E-state index in [0.29, 0.717) is 12.8 Å². The highest BCUT2D eigenvalue weighted by molar-refractivity contribution is 5.88. The lowest BCUT2D eigenvalue weighted by Crippen LogP contribution is -2.33. The van der Waals surface area contributed by atoms with Crippen LogP contribution in [0.3, 0.4) is 0 Å². The molecular weight excluding hydrogens is 296 g/mol. The summed E-state index contributed by atoms with van der Waals surface area (Å²) in [6.45, 7) is 9.63. The third-order valence-electron chi connectivity index (χ3n) is 3.73. The Morgan fingerprint density at radius 3 is 2.65 bits per heavy atom. The zero-order valence-electron chi connectivity index (χ0n) is 13.9. The first-order valence-electron chi connectivity index (χ1n) is 7.65. The summed E-state index contributed by atoms with van der Waals surface area (Å²) in [7, 11) is 0. The number of rotatable bonds is 8. The number of nitrogens with zero attached hydrogens (tertiary/aromatic N) is 1. The summed E-state index contributed by atoms with van der Waals surface area (Å²) in [5.41, 5.74) is 0.448. The number of benzene rings is 1. The molecule has 0 heterocycles. The van der Waals surface area contributed by atoms with E-state index in [-0.39, 0.29) is 11.4 Å². The predicted octanol–water partition coefficient (Wildman–Crippen LogP) is 5.06. The van der Waals surface area contributed by atoms with Crippen LogP contribution in [-0.4, -0.2) is 16.6 Å². The van der Waals surface area contributed by atoms with Gasteiger partial charge in [-0.2, -0.15) is 0 Å². The molecule has 0 saturated heterocycles. The van der Waals surface area contributed by atoms with Crippen LogP contribution < -0.4 is 5.32 Å². The maximum Gasteiger partial charge on any atom is 0.412 e. The van der Waals surface area contributed by atoms with Crippen LogP contribution in [0.25, 0.3) is 0 Å². The van der Waals surface area contributed by atoms with Gasteiger partial charge in [-0.3, -0.25) is 15.4 Å². The molecule has 0 bridgehead atoms. The van der Waals surface area contributed by atoms with E-state index in [2.05, 4.69) is 11.9 Å². The second kappa shape index (κ2) is 8.31. The molecule has 0 spiro atoms.